The van der Waals surface area contributed by atoms with E-state index >= 15 is 0 Å². The molecule has 0 aliphatic carbocycles. The van der Waals surface area contributed by atoms with Crippen molar-refractivity contribution >= 4 is 17.5 Å². The van der Waals surface area contributed by atoms with Gasteiger partial charge in [0.05, 0.1) is 0 Å². The zero-order valence-electron chi connectivity index (χ0n) is 14.1. The number of aryl methyl sites for hydroxylation is 2. The number of nitrogens with zero attached hydrogens (tertiary/aromatic N) is 2. The zero-order chi connectivity index (χ0) is 16.3. The second-order valence-electron chi connectivity index (χ2n) is 6.48. The molecule has 0 N–H and O–H groups in total. The summed E-state index contributed by atoms with van der Waals surface area (Å²) in [5, 5.41) is 0. The minimum Gasteiger partial charge on any atom is -0.341 e. The summed E-state index contributed by atoms with van der Waals surface area (Å²) < 4.78 is 0. The van der Waals surface area contributed by atoms with Gasteiger partial charge in [-0.2, -0.15) is 0 Å². The van der Waals surface area contributed by atoms with Crippen molar-refractivity contribution in [3.8, 4) is 0 Å². The van der Waals surface area contributed by atoms with Gasteiger partial charge in [0.1, 0.15) is 6.54 Å². The van der Waals surface area contributed by atoms with Crippen LogP contribution >= 0.6 is 0 Å². The first kappa shape index (κ1) is 16.5. The standard InChI is InChI=1S/C18H26N2O2/c1-13-7-8-15(3)17(10-13)20(16(4)21)12-18(22)19-9-5-6-14(2)11-19/h7-8,10,14H,5-6,9,11-12H2,1-4H3. The van der Waals surface area contributed by atoms with E-state index in [1.807, 2.05) is 36.9 Å². The average molecular weight is 302 g/mol. The highest BCUT2D eigenvalue weighted by Gasteiger charge is 2.24. The Morgan fingerprint density at radius 2 is 2.05 bits per heavy atom. The van der Waals surface area contributed by atoms with Crippen LogP contribution in [-0.4, -0.2) is 36.3 Å². The molecule has 1 aromatic rings. The van der Waals surface area contributed by atoms with E-state index in [-0.39, 0.29) is 18.4 Å². The van der Waals surface area contributed by atoms with Crippen LogP contribution in [0.2, 0.25) is 0 Å². The third kappa shape index (κ3) is 3.87. The van der Waals surface area contributed by atoms with Crippen LogP contribution in [0.1, 0.15) is 37.8 Å². The fraction of sp³-hybridized carbons (Fsp3) is 0.556. The van der Waals surface area contributed by atoms with Crippen molar-refractivity contribution in [2.24, 2.45) is 5.92 Å². The molecule has 4 nitrogen and oxygen atoms in total. The Balaban J connectivity index is 2.17. The summed E-state index contributed by atoms with van der Waals surface area (Å²) >= 11 is 0. The molecule has 0 aromatic heterocycles. The van der Waals surface area contributed by atoms with Crippen molar-refractivity contribution in [3.05, 3.63) is 29.3 Å². The Morgan fingerprint density at radius 3 is 2.68 bits per heavy atom. The Hall–Kier alpha value is -1.84. The van der Waals surface area contributed by atoms with Crippen LogP contribution in [0.5, 0.6) is 0 Å². The molecule has 0 bridgehead atoms. The number of carbonyl (C=O) groups is 2. The number of amides is 2. The van der Waals surface area contributed by atoms with Gasteiger partial charge in [-0.1, -0.05) is 19.1 Å². The zero-order valence-corrected chi connectivity index (χ0v) is 14.1. The largest absolute Gasteiger partial charge is 0.341 e. The predicted octanol–water partition coefficient (Wildman–Crippen LogP) is 2.91. The summed E-state index contributed by atoms with van der Waals surface area (Å²) in [6.07, 6.45) is 2.23. The maximum Gasteiger partial charge on any atom is 0.242 e. The van der Waals surface area contributed by atoms with Gasteiger partial charge < -0.3 is 9.80 Å². The Bertz CT molecular complexity index is 568. The predicted molar refractivity (Wildman–Crippen MR) is 88.9 cm³/mol. The smallest absolute Gasteiger partial charge is 0.242 e. The van der Waals surface area contributed by atoms with E-state index in [0.29, 0.717) is 5.92 Å². The third-order valence-electron chi connectivity index (χ3n) is 4.34. The highest BCUT2D eigenvalue weighted by molar-refractivity contribution is 5.98. The van der Waals surface area contributed by atoms with Crippen molar-refractivity contribution < 1.29 is 9.59 Å². The van der Waals surface area contributed by atoms with Crippen molar-refractivity contribution in [2.75, 3.05) is 24.5 Å². The lowest BCUT2D eigenvalue weighted by atomic mass is 10.0. The van der Waals surface area contributed by atoms with Crippen molar-refractivity contribution in [1.82, 2.24) is 4.90 Å². The molecule has 1 aromatic carbocycles. The van der Waals surface area contributed by atoms with E-state index in [4.69, 9.17) is 0 Å². The maximum atomic E-state index is 12.6. The topological polar surface area (TPSA) is 40.6 Å². The van der Waals surface area contributed by atoms with Gasteiger partial charge in [0, 0.05) is 25.7 Å². The van der Waals surface area contributed by atoms with Crippen LogP contribution < -0.4 is 4.90 Å². The van der Waals surface area contributed by atoms with Gasteiger partial charge in [-0.05, 0) is 49.8 Å². The second-order valence-corrected chi connectivity index (χ2v) is 6.48. The molecule has 0 radical (unpaired) electrons. The van der Waals surface area contributed by atoms with Crippen LogP contribution in [0, 0.1) is 19.8 Å². The quantitative estimate of drug-likeness (QED) is 0.861. The monoisotopic (exact) mass is 302 g/mol. The molecule has 22 heavy (non-hydrogen) atoms. The molecule has 0 saturated carbocycles. The Kier molecular flexibility index (Phi) is 5.22. The van der Waals surface area contributed by atoms with Crippen LogP contribution in [0.4, 0.5) is 5.69 Å². The summed E-state index contributed by atoms with van der Waals surface area (Å²) in [6.45, 7) is 9.40. The van der Waals surface area contributed by atoms with Gasteiger partial charge in [0.25, 0.3) is 0 Å². The van der Waals surface area contributed by atoms with Crippen LogP contribution in [0.25, 0.3) is 0 Å². The van der Waals surface area contributed by atoms with Gasteiger partial charge in [0.2, 0.25) is 11.8 Å². The SMILES string of the molecule is CC(=O)N(CC(=O)N1CCCC(C)C1)c1cc(C)ccc1C. The summed E-state index contributed by atoms with van der Waals surface area (Å²) in [5.74, 6) is 0.499. The lowest BCUT2D eigenvalue weighted by Gasteiger charge is -2.33. The van der Waals surface area contributed by atoms with E-state index in [1.54, 1.807) is 4.90 Å². The lowest BCUT2D eigenvalue weighted by Crippen LogP contribution is -2.46. The second kappa shape index (κ2) is 6.95. The van der Waals surface area contributed by atoms with E-state index in [1.165, 1.54) is 13.3 Å². The fourth-order valence-corrected chi connectivity index (χ4v) is 3.03. The first-order valence-corrected chi connectivity index (χ1v) is 8.01. The van der Waals surface area contributed by atoms with E-state index in [0.717, 1.165) is 36.3 Å². The van der Waals surface area contributed by atoms with Gasteiger partial charge in [-0.15, -0.1) is 0 Å². The molecule has 1 saturated heterocycles. The van der Waals surface area contributed by atoms with Crippen LogP contribution in [0.15, 0.2) is 18.2 Å². The van der Waals surface area contributed by atoms with E-state index in [9.17, 15) is 9.59 Å². The number of hydrogen-bond acceptors (Lipinski definition) is 2. The van der Waals surface area contributed by atoms with Crippen molar-refractivity contribution in [1.29, 1.82) is 0 Å². The molecule has 120 valence electrons. The summed E-state index contributed by atoms with van der Waals surface area (Å²) in [4.78, 5) is 28.1. The summed E-state index contributed by atoms with van der Waals surface area (Å²) in [7, 11) is 0. The molecule has 2 amide bonds. The van der Waals surface area contributed by atoms with E-state index < -0.39 is 0 Å². The molecule has 2 rings (SSSR count). The Morgan fingerprint density at radius 1 is 1.32 bits per heavy atom. The lowest BCUT2D eigenvalue weighted by molar-refractivity contribution is -0.132. The number of piperidine rings is 1. The Labute approximate surface area is 133 Å². The number of likely N-dealkylation sites (tertiary alicyclic amines) is 1. The van der Waals surface area contributed by atoms with Crippen molar-refractivity contribution in [3.63, 3.8) is 0 Å². The average Bonchev–Trinajstić information content (AvgIpc) is 2.47. The molecule has 1 unspecified atom stereocenters. The maximum absolute atomic E-state index is 12.6. The van der Waals surface area contributed by atoms with Crippen LogP contribution in [0.3, 0.4) is 0 Å². The van der Waals surface area contributed by atoms with Gasteiger partial charge >= 0.3 is 0 Å². The number of rotatable bonds is 3. The molecular weight excluding hydrogens is 276 g/mol. The fourth-order valence-electron chi connectivity index (χ4n) is 3.03. The number of benzene rings is 1. The van der Waals surface area contributed by atoms with Crippen LogP contribution in [-0.2, 0) is 9.59 Å². The molecule has 0 spiro atoms. The molecule has 1 atom stereocenters. The molecule has 1 fully saturated rings. The van der Waals surface area contributed by atoms with Crippen molar-refractivity contribution in [2.45, 2.75) is 40.5 Å². The molecule has 4 heteroatoms. The molecule has 1 heterocycles. The highest BCUT2D eigenvalue weighted by Crippen LogP contribution is 2.23. The molecule has 1 aliphatic rings. The number of hydrogen-bond donors (Lipinski definition) is 0. The third-order valence-corrected chi connectivity index (χ3v) is 4.34. The number of carbonyl (C=O) groups excluding carboxylic acids is 2. The minimum absolute atomic E-state index is 0.0441. The molecule has 1 aliphatic heterocycles. The highest BCUT2D eigenvalue weighted by atomic mass is 16.2. The normalized spacial score (nSPS) is 18.2. The van der Waals surface area contributed by atoms with Gasteiger partial charge in [0.15, 0.2) is 0 Å². The number of anilines is 1. The van der Waals surface area contributed by atoms with E-state index in [2.05, 4.69) is 6.92 Å². The first-order chi connectivity index (χ1) is 10.4. The summed E-state index contributed by atoms with van der Waals surface area (Å²) in [6, 6.07) is 5.99. The first-order valence-electron chi connectivity index (χ1n) is 8.01. The van der Waals surface area contributed by atoms with Gasteiger partial charge in [-0.3, -0.25) is 9.59 Å². The summed E-state index contributed by atoms with van der Waals surface area (Å²) in [5.41, 5.74) is 2.94. The molecular formula is C18H26N2O2. The minimum atomic E-state index is -0.0906. The van der Waals surface area contributed by atoms with Gasteiger partial charge in [-0.25, -0.2) is 0 Å².